The number of amides is 1. The highest BCUT2D eigenvalue weighted by atomic mass is 16.5. The number of carbonyl (C=O) groups is 1. The lowest BCUT2D eigenvalue weighted by atomic mass is 9.77. The summed E-state index contributed by atoms with van der Waals surface area (Å²) < 4.78 is 18.1. The maximum atomic E-state index is 14.7. The molecule has 0 N–H and O–H groups in total. The Bertz CT molecular complexity index is 1410. The van der Waals surface area contributed by atoms with Crippen LogP contribution in [0.25, 0.3) is 0 Å². The van der Waals surface area contributed by atoms with Crippen molar-refractivity contribution in [1.82, 2.24) is 0 Å². The lowest BCUT2D eigenvalue weighted by molar-refractivity contribution is -0.122. The molecule has 0 saturated carbocycles. The highest BCUT2D eigenvalue weighted by Gasteiger charge is 2.58. The summed E-state index contributed by atoms with van der Waals surface area (Å²) in [5, 5.41) is 0. The summed E-state index contributed by atoms with van der Waals surface area (Å²) in [6.45, 7) is 1.43. The molecule has 3 aliphatic heterocycles. The molecule has 1 atom stereocenters. The maximum Gasteiger partial charge on any atom is 0.246 e. The smallest absolute Gasteiger partial charge is 0.246 e. The van der Waals surface area contributed by atoms with Gasteiger partial charge in [0.05, 0.1) is 19.3 Å². The Morgan fingerprint density at radius 1 is 0.667 bits per heavy atom. The van der Waals surface area contributed by atoms with Gasteiger partial charge >= 0.3 is 0 Å². The number of hydrogen-bond acceptors (Lipinski definition) is 4. The molecule has 7 rings (SSSR count). The van der Waals surface area contributed by atoms with E-state index in [-0.39, 0.29) is 18.6 Å². The fourth-order valence-electron chi connectivity index (χ4n) is 5.80. The summed E-state index contributed by atoms with van der Waals surface area (Å²) >= 11 is 0. The second kappa shape index (κ2) is 8.16. The van der Waals surface area contributed by atoms with Crippen LogP contribution in [0.3, 0.4) is 0 Å². The van der Waals surface area contributed by atoms with E-state index in [1.54, 1.807) is 0 Å². The maximum absolute atomic E-state index is 14.7. The summed E-state index contributed by atoms with van der Waals surface area (Å²) in [6.07, 6.45) is 0.816. The van der Waals surface area contributed by atoms with Crippen LogP contribution in [0.4, 0.5) is 5.69 Å². The van der Waals surface area contributed by atoms with Gasteiger partial charge in [-0.3, -0.25) is 9.69 Å². The Hall–Kier alpha value is -4.25. The van der Waals surface area contributed by atoms with E-state index in [1.807, 2.05) is 71.6 Å². The van der Waals surface area contributed by atoms with Crippen LogP contribution in [0.5, 0.6) is 17.2 Å². The predicted molar refractivity (Wildman–Crippen MR) is 137 cm³/mol. The van der Waals surface area contributed by atoms with Crippen molar-refractivity contribution < 1.29 is 19.0 Å². The fraction of sp³-hybridized carbons (Fsp3) is 0.194. The largest absolute Gasteiger partial charge is 0.491 e. The normalized spacial score (nSPS) is 19.7. The van der Waals surface area contributed by atoms with Gasteiger partial charge in [-0.05, 0) is 28.8 Å². The van der Waals surface area contributed by atoms with E-state index >= 15 is 0 Å². The van der Waals surface area contributed by atoms with Crippen molar-refractivity contribution in [3.63, 3.8) is 0 Å². The van der Waals surface area contributed by atoms with E-state index < -0.39 is 5.41 Å². The molecule has 0 radical (unpaired) electrons. The summed E-state index contributed by atoms with van der Waals surface area (Å²) in [7, 11) is 0. The Labute approximate surface area is 209 Å². The number of hydrogen-bond donors (Lipinski definition) is 0. The van der Waals surface area contributed by atoms with Crippen molar-refractivity contribution in [2.24, 2.45) is 0 Å². The Morgan fingerprint density at radius 3 is 1.97 bits per heavy atom. The zero-order chi connectivity index (χ0) is 24.1. The van der Waals surface area contributed by atoms with Crippen LogP contribution >= 0.6 is 0 Å². The zero-order valence-corrected chi connectivity index (χ0v) is 19.7. The number of benzene rings is 4. The van der Waals surface area contributed by atoms with Gasteiger partial charge in [0.15, 0.2) is 11.5 Å². The van der Waals surface area contributed by atoms with Gasteiger partial charge in [0.25, 0.3) is 0 Å². The third kappa shape index (κ3) is 2.99. The van der Waals surface area contributed by atoms with E-state index in [9.17, 15) is 4.79 Å². The molecule has 3 heterocycles. The lowest BCUT2D eigenvalue weighted by Crippen LogP contribution is -2.44. The molecule has 178 valence electrons. The van der Waals surface area contributed by atoms with Crippen LogP contribution in [0.1, 0.15) is 34.7 Å². The molecule has 0 bridgehead atoms. The Morgan fingerprint density at radius 2 is 1.28 bits per heavy atom. The molecular formula is C31H25NO4. The molecule has 1 amide bonds. The first-order valence-electron chi connectivity index (χ1n) is 12.4. The van der Waals surface area contributed by atoms with Crippen molar-refractivity contribution >= 4 is 11.6 Å². The highest BCUT2D eigenvalue weighted by Crippen LogP contribution is 2.56. The number of fused-ring (bicyclic) bond motifs is 5. The standard InChI is InChI=1S/C31H25NO4/c33-30-31(20-36-26-19-28-27(18-24(26)31)34-16-9-17-35-28)23-14-7-8-15-25(23)32(30)29(21-10-3-1-4-11-21)22-12-5-2-6-13-22/h1-8,10-15,18-19,29H,9,16-17,20H2. The van der Waals surface area contributed by atoms with Crippen LogP contribution in [0.15, 0.2) is 97.1 Å². The number of para-hydroxylation sites is 1. The van der Waals surface area contributed by atoms with Gasteiger partial charge in [0.2, 0.25) is 5.91 Å². The number of nitrogens with zero attached hydrogens (tertiary/aromatic N) is 1. The van der Waals surface area contributed by atoms with E-state index in [2.05, 4.69) is 30.3 Å². The second-order valence-electron chi connectivity index (χ2n) is 9.46. The van der Waals surface area contributed by atoms with Crippen LogP contribution in [0.2, 0.25) is 0 Å². The first-order chi connectivity index (χ1) is 17.8. The third-order valence-corrected chi connectivity index (χ3v) is 7.45. The predicted octanol–water partition coefficient (Wildman–Crippen LogP) is 5.66. The van der Waals surface area contributed by atoms with E-state index in [0.29, 0.717) is 30.5 Å². The van der Waals surface area contributed by atoms with Gasteiger partial charge in [-0.1, -0.05) is 78.9 Å². The van der Waals surface area contributed by atoms with Crippen LogP contribution in [-0.4, -0.2) is 25.7 Å². The monoisotopic (exact) mass is 475 g/mol. The van der Waals surface area contributed by atoms with Crippen LogP contribution in [-0.2, 0) is 10.2 Å². The van der Waals surface area contributed by atoms with E-state index in [1.165, 1.54) is 0 Å². The average molecular weight is 476 g/mol. The molecule has 5 heteroatoms. The van der Waals surface area contributed by atoms with Gasteiger partial charge in [0.1, 0.15) is 17.8 Å². The van der Waals surface area contributed by atoms with Crippen molar-refractivity contribution in [2.75, 3.05) is 24.7 Å². The quantitative estimate of drug-likeness (QED) is 0.384. The van der Waals surface area contributed by atoms with Crippen LogP contribution in [0, 0.1) is 0 Å². The van der Waals surface area contributed by atoms with E-state index in [4.69, 9.17) is 14.2 Å². The number of carbonyl (C=O) groups excluding carboxylic acids is 1. The van der Waals surface area contributed by atoms with E-state index in [0.717, 1.165) is 34.4 Å². The van der Waals surface area contributed by atoms with Gasteiger partial charge < -0.3 is 14.2 Å². The van der Waals surface area contributed by atoms with Crippen molar-refractivity contribution in [1.29, 1.82) is 0 Å². The zero-order valence-electron chi connectivity index (χ0n) is 19.7. The van der Waals surface area contributed by atoms with Crippen LogP contribution < -0.4 is 19.1 Å². The first-order valence-corrected chi connectivity index (χ1v) is 12.4. The molecule has 0 fully saturated rings. The number of rotatable bonds is 3. The van der Waals surface area contributed by atoms with Gasteiger partial charge in [0, 0.05) is 23.7 Å². The van der Waals surface area contributed by atoms with Crippen molar-refractivity contribution in [3.05, 3.63) is 119 Å². The summed E-state index contributed by atoms with van der Waals surface area (Å²) in [5.41, 5.74) is 3.87. The minimum Gasteiger partial charge on any atom is -0.491 e. The highest BCUT2D eigenvalue weighted by molar-refractivity contribution is 6.12. The topological polar surface area (TPSA) is 48.0 Å². The molecule has 36 heavy (non-hydrogen) atoms. The Balaban J connectivity index is 1.43. The third-order valence-electron chi connectivity index (χ3n) is 7.45. The summed E-state index contributed by atoms with van der Waals surface area (Å²) in [4.78, 5) is 16.7. The fourth-order valence-corrected chi connectivity index (χ4v) is 5.80. The van der Waals surface area contributed by atoms with Crippen molar-refractivity contribution in [3.8, 4) is 17.2 Å². The minimum absolute atomic E-state index is 0.00893. The summed E-state index contributed by atoms with van der Waals surface area (Å²) in [5.74, 6) is 2.03. The molecule has 0 aliphatic carbocycles. The van der Waals surface area contributed by atoms with Gasteiger partial charge in [-0.15, -0.1) is 0 Å². The minimum atomic E-state index is -0.946. The van der Waals surface area contributed by atoms with Crippen molar-refractivity contribution in [2.45, 2.75) is 17.9 Å². The molecule has 4 aromatic rings. The summed E-state index contributed by atoms with van der Waals surface area (Å²) in [6, 6.07) is 32.1. The molecule has 1 unspecified atom stereocenters. The van der Waals surface area contributed by atoms with Gasteiger partial charge in [-0.2, -0.15) is 0 Å². The molecule has 3 aliphatic rings. The molecular weight excluding hydrogens is 450 g/mol. The molecule has 1 spiro atoms. The Kier molecular flexibility index (Phi) is 4.78. The molecule has 0 saturated heterocycles. The second-order valence-corrected chi connectivity index (χ2v) is 9.46. The number of anilines is 1. The SMILES string of the molecule is O=C1N(C(c2ccccc2)c2ccccc2)c2ccccc2C12COc1cc3c(cc12)OCCCO3. The number of ether oxygens (including phenoxy) is 3. The first kappa shape index (κ1) is 21.1. The molecule has 0 aromatic heterocycles. The molecule has 5 nitrogen and oxygen atoms in total. The molecule has 4 aromatic carbocycles. The van der Waals surface area contributed by atoms with Gasteiger partial charge in [-0.25, -0.2) is 0 Å². The lowest BCUT2D eigenvalue weighted by Gasteiger charge is -2.31. The average Bonchev–Trinajstić information content (AvgIpc) is 3.29.